The Morgan fingerprint density at radius 2 is 1.86 bits per heavy atom. The van der Waals surface area contributed by atoms with Gasteiger partial charge in [-0.05, 0) is 82.1 Å². The van der Waals surface area contributed by atoms with Crippen molar-refractivity contribution in [3.63, 3.8) is 0 Å². The van der Waals surface area contributed by atoms with Crippen LogP contribution in [0.25, 0.3) is 5.57 Å². The zero-order valence-electron chi connectivity index (χ0n) is 23.4. The molecule has 5 heteroatoms. The summed E-state index contributed by atoms with van der Waals surface area (Å²) in [5.41, 5.74) is 4.71. The number of carbonyl (C=O) groups is 2. The number of nitrogens with zero attached hydrogens (tertiary/aromatic N) is 1. The minimum atomic E-state index is -0.700. The van der Waals surface area contributed by atoms with Crippen LogP contribution < -0.4 is 0 Å². The molecule has 0 fully saturated rings. The van der Waals surface area contributed by atoms with Crippen molar-refractivity contribution in [1.29, 1.82) is 0 Å². The molecule has 2 rings (SSSR count). The Labute approximate surface area is 218 Å². The number of aryl methyl sites for hydroxylation is 1. The summed E-state index contributed by atoms with van der Waals surface area (Å²) >= 11 is 0. The number of hydrogen-bond donors (Lipinski definition) is 1. The van der Waals surface area contributed by atoms with E-state index >= 15 is 0 Å². The molecule has 1 aliphatic rings. The molecular weight excluding hydrogens is 450 g/mol. The maximum absolute atomic E-state index is 13.0. The molecule has 1 aliphatic carbocycles. The summed E-state index contributed by atoms with van der Waals surface area (Å²) in [7, 11) is 0. The van der Waals surface area contributed by atoms with Crippen molar-refractivity contribution < 1.29 is 19.4 Å². The van der Waals surface area contributed by atoms with Gasteiger partial charge in [0.15, 0.2) is 0 Å². The summed E-state index contributed by atoms with van der Waals surface area (Å²) in [5, 5.41) is 10.5. The fraction of sp³-hybridized carbons (Fsp3) is 0.581. The van der Waals surface area contributed by atoms with E-state index in [2.05, 4.69) is 24.7 Å². The van der Waals surface area contributed by atoms with Crippen LogP contribution >= 0.6 is 0 Å². The van der Waals surface area contributed by atoms with E-state index in [4.69, 9.17) is 4.74 Å². The molecule has 0 spiro atoms. The summed E-state index contributed by atoms with van der Waals surface area (Å²) < 4.78 is 5.77. The quantitative estimate of drug-likeness (QED) is 0.177. The third-order valence-electron chi connectivity index (χ3n) is 7.08. The third-order valence-corrected chi connectivity index (χ3v) is 7.08. The van der Waals surface area contributed by atoms with E-state index < -0.39 is 17.4 Å². The lowest BCUT2D eigenvalue weighted by Crippen LogP contribution is -2.36. The second kappa shape index (κ2) is 14.9. The first-order valence-corrected chi connectivity index (χ1v) is 13.1. The van der Waals surface area contributed by atoms with Gasteiger partial charge in [0.2, 0.25) is 0 Å². The molecule has 0 saturated carbocycles. The number of aliphatic hydroxyl groups excluding tert-OH is 1. The van der Waals surface area contributed by atoms with Gasteiger partial charge in [0.05, 0.1) is 11.8 Å². The van der Waals surface area contributed by atoms with Gasteiger partial charge in [-0.15, -0.1) is 19.7 Å². The number of rotatable bonds is 13. The molecule has 1 aromatic heterocycles. The Morgan fingerprint density at radius 1 is 1.19 bits per heavy atom. The van der Waals surface area contributed by atoms with Gasteiger partial charge in [-0.25, -0.2) is 0 Å². The van der Waals surface area contributed by atoms with E-state index in [9.17, 15) is 14.7 Å². The fourth-order valence-electron chi connectivity index (χ4n) is 4.58. The molecule has 1 heterocycles. The zero-order chi connectivity index (χ0) is 27.5. The molecule has 0 saturated heterocycles. The van der Waals surface area contributed by atoms with Gasteiger partial charge >= 0.3 is 5.97 Å². The number of allylic oxidation sites excluding steroid dienone is 2. The van der Waals surface area contributed by atoms with Gasteiger partial charge in [0, 0.05) is 24.0 Å². The number of carbonyl (C=O) groups excluding carboxylic acids is 2. The van der Waals surface area contributed by atoms with E-state index in [1.54, 1.807) is 6.92 Å². The average Bonchev–Trinajstić information content (AvgIpc) is 3.20. The number of ketones is 1. The number of ether oxygens (including phenoxy) is 1. The highest BCUT2D eigenvalue weighted by Crippen LogP contribution is 2.35. The highest BCUT2D eigenvalue weighted by atomic mass is 16.5. The average molecular weight is 498 g/mol. The Bertz CT molecular complexity index is 913. The molecule has 200 valence electrons. The number of unbranched alkanes of at least 4 members (excludes halogenated alkanes) is 1. The van der Waals surface area contributed by atoms with Crippen LogP contribution in [0.1, 0.15) is 97.2 Å². The lowest BCUT2D eigenvalue weighted by atomic mass is 9.76. The monoisotopic (exact) mass is 497 g/mol. The molecule has 2 unspecified atom stereocenters. The molecule has 36 heavy (non-hydrogen) atoms. The van der Waals surface area contributed by atoms with Gasteiger partial charge < -0.3 is 9.84 Å². The summed E-state index contributed by atoms with van der Waals surface area (Å²) in [6.07, 6.45) is 6.53. The first-order valence-electron chi connectivity index (χ1n) is 13.1. The fourth-order valence-corrected chi connectivity index (χ4v) is 4.58. The van der Waals surface area contributed by atoms with Gasteiger partial charge in [-0.1, -0.05) is 38.8 Å². The third kappa shape index (κ3) is 9.50. The molecule has 0 aromatic carbocycles. The maximum Gasteiger partial charge on any atom is 0.306 e. The second-order valence-corrected chi connectivity index (χ2v) is 10.7. The van der Waals surface area contributed by atoms with Crippen molar-refractivity contribution in [2.75, 3.05) is 0 Å². The summed E-state index contributed by atoms with van der Waals surface area (Å²) in [5.74, 6) is -0.742. The van der Waals surface area contributed by atoms with Crippen molar-refractivity contribution >= 4 is 17.3 Å². The second-order valence-electron chi connectivity index (χ2n) is 10.7. The summed E-state index contributed by atoms with van der Waals surface area (Å²) in [4.78, 5) is 30.2. The van der Waals surface area contributed by atoms with Crippen molar-refractivity contribution in [3.8, 4) is 0 Å². The first kappa shape index (κ1) is 31.5. The number of aliphatic hydroxyl groups is 1. The predicted molar refractivity (Wildman–Crippen MR) is 148 cm³/mol. The van der Waals surface area contributed by atoms with Crippen LogP contribution in [0.4, 0.5) is 0 Å². The molecule has 1 aromatic rings. The van der Waals surface area contributed by atoms with Crippen molar-refractivity contribution in [3.05, 3.63) is 60.5 Å². The molecule has 0 bridgehead atoms. The minimum absolute atomic E-state index is 0.00243. The highest BCUT2D eigenvalue weighted by molar-refractivity contribution is 5.87. The standard InChI is InChI=1S/C29H43NO4.C2H4/c1-19(2)10-8-9-11-25(31)22(5)28(33)29(6,7)17-16-27(32)34-26-15-13-23(21(26)4)24-14-12-20(3)18-30-24;1-2/h12,14,18,22,25-26,31H,1,8-11,13,15-17H2,2-7H3;1-2H2/t22-,25?,26?;/m1./s1. The Morgan fingerprint density at radius 3 is 2.44 bits per heavy atom. The van der Waals surface area contributed by atoms with E-state index in [-0.39, 0.29) is 24.3 Å². The molecule has 0 amide bonds. The van der Waals surface area contributed by atoms with Gasteiger partial charge in [-0.2, -0.15) is 0 Å². The Kier molecular flexibility index (Phi) is 13.0. The van der Waals surface area contributed by atoms with Crippen LogP contribution in [-0.2, 0) is 14.3 Å². The molecule has 1 N–H and O–H groups in total. The Hall–Kier alpha value is -2.53. The van der Waals surface area contributed by atoms with Crippen molar-refractivity contribution in [2.45, 2.75) is 105 Å². The van der Waals surface area contributed by atoms with E-state index in [0.29, 0.717) is 12.8 Å². The van der Waals surface area contributed by atoms with Crippen LogP contribution in [0.3, 0.4) is 0 Å². The molecule has 5 nitrogen and oxygen atoms in total. The van der Waals surface area contributed by atoms with Crippen LogP contribution in [0.15, 0.2) is 49.2 Å². The van der Waals surface area contributed by atoms with Gasteiger partial charge in [0.1, 0.15) is 11.9 Å². The molecule has 0 aliphatic heterocycles. The zero-order valence-corrected chi connectivity index (χ0v) is 23.4. The summed E-state index contributed by atoms with van der Waals surface area (Å²) in [6, 6.07) is 4.06. The van der Waals surface area contributed by atoms with Crippen molar-refractivity contribution in [1.82, 2.24) is 4.98 Å². The van der Waals surface area contributed by atoms with Crippen LogP contribution in [0.2, 0.25) is 0 Å². The van der Waals surface area contributed by atoms with E-state index in [0.717, 1.165) is 60.1 Å². The summed E-state index contributed by atoms with van der Waals surface area (Å²) in [6.45, 7) is 21.4. The lowest BCUT2D eigenvalue weighted by molar-refractivity contribution is -0.148. The van der Waals surface area contributed by atoms with Crippen LogP contribution in [0.5, 0.6) is 0 Å². The number of esters is 1. The van der Waals surface area contributed by atoms with Gasteiger partial charge in [0.25, 0.3) is 0 Å². The maximum atomic E-state index is 13.0. The number of hydrogen-bond acceptors (Lipinski definition) is 5. The highest BCUT2D eigenvalue weighted by Gasteiger charge is 2.35. The number of aromatic nitrogens is 1. The SMILES string of the molecule is C=C.C=C(C)CCCCC(O)[C@@H](C)C(=O)C(C)(C)CCC(=O)OC1CCC(c2ccc(C)cn2)=C1C. The molecule has 0 radical (unpaired) electrons. The van der Waals surface area contributed by atoms with Gasteiger partial charge in [-0.3, -0.25) is 14.6 Å². The van der Waals surface area contributed by atoms with E-state index in [1.807, 2.05) is 52.9 Å². The minimum Gasteiger partial charge on any atom is -0.458 e. The largest absolute Gasteiger partial charge is 0.458 e. The number of Topliss-reactive ketones (excluding diaryl/α,β-unsaturated/α-hetero) is 1. The van der Waals surface area contributed by atoms with E-state index in [1.165, 1.54) is 0 Å². The lowest BCUT2D eigenvalue weighted by Gasteiger charge is -2.29. The predicted octanol–water partition coefficient (Wildman–Crippen LogP) is 7.18. The normalized spacial score (nSPS) is 17.1. The number of pyridine rings is 1. The van der Waals surface area contributed by atoms with Crippen molar-refractivity contribution in [2.24, 2.45) is 11.3 Å². The van der Waals surface area contributed by atoms with Crippen LogP contribution in [-0.4, -0.2) is 34.1 Å². The first-order chi connectivity index (χ1) is 16.9. The molecular formula is C31H47NO4. The Balaban J connectivity index is 0.00000316. The smallest absolute Gasteiger partial charge is 0.306 e. The molecule has 3 atom stereocenters. The van der Waals surface area contributed by atoms with Crippen LogP contribution in [0, 0.1) is 18.3 Å². The topological polar surface area (TPSA) is 76.5 Å².